The van der Waals surface area contributed by atoms with Crippen LogP contribution in [0.3, 0.4) is 0 Å². The number of hydrogen-bond donors (Lipinski definition) is 2. The van der Waals surface area contributed by atoms with Gasteiger partial charge in [0.15, 0.2) is 5.11 Å². The molecule has 0 radical (unpaired) electrons. The predicted molar refractivity (Wildman–Crippen MR) is 135 cm³/mol. The van der Waals surface area contributed by atoms with Gasteiger partial charge in [-0.25, -0.2) is 4.98 Å². The van der Waals surface area contributed by atoms with Gasteiger partial charge in [0, 0.05) is 17.2 Å². The van der Waals surface area contributed by atoms with E-state index < -0.39 is 5.91 Å². The van der Waals surface area contributed by atoms with Crippen molar-refractivity contribution in [3.63, 3.8) is 0 Å². The summed E-state index contributed by atoms with van der Waals surface area (Å²) in [6, 6.07) is 18.5. The van der Waals surface area contributed by atoms with E-state index in [1.165, 1.54) is 14.2 Å². The summed E-state index contributed by atoms with van der Waals surface area (Å²) < 4.78 is 17.0. The Bertz CT molecular complexity index is 1280. The van der Waals surface area contributed by atoms with Crippen LogP contribution in [-0.4, -0.2) is 37.3 Å². The van der Waals surface area contributed by atoms with Crippen LogP contribution in [0.15, 0.2) is 60.7 Å². The molecule has 0 fully saturated rings. The van der Waals surface area contributed by atoms with Crippen molar-refractivity contribution in [2.24, 2.45) is 0 Å². The fraction of sp³-hybridized carbons (Fsp3) is 0.125. The third kappa shape index (κ3) is 5.05. The van der Waals surface area contributed by atoms with E-state index in [1.807, 2.05) is 42.5 Å². The Morgan fingerprint density at radius 1 is 0.939 bits per heavy atom. The molecule has 0 aliphatic carbocycles. The van der Waals surface area contributed by atoms with E-state index in [9.17, 15) is 4.79 Å². The Morgan fingerprint density at radius 2 is 1.67 bits per heavy atom. The lowest BCUT2D eigenvalue weighted by molar-refractivity contribution is 0.0977. The van der Waals surface area contributed by atoms with Crippen molar-refractivity contribution in [1.82, 2.24) is 10.3 Å². The van der Waals surface area contributed by atoms with Gasteiger partial charge < -0.3 is 19.5 Å². The number of methoxy groups -OCH3 is 3. The summed E-state index contributed by atoms with van der Waals surface area (Å²) in [4.78, 5) is 17.4. The second kappa shape index (κ2) is 9.85. The van der Waals surface area contributed by atoms with Crippen molar-refractivity contribution in [2.75, 3.05) is 26.6 Å². The summed E-state index contributed by atoms with van der Waals surface area (Å²) in [7, 11) is 4.61. The molecule has 0 saturated heterocycles. The van der Waals surface area contributed by atoms with Crippen LogP contribution < -0.4 is 24.8 Å². The van der Waals surface area contributed by atoms with Gasteiger partial charge in [-0.05, 0) is 54.7 Å². The molecule has 7 nitrogen and oxygen atoms in total. The first-order valence-corrected chi connectivity index (χ1v) is 11.1. The summed E-state index contributed by atoms with van der Waals surface area (Å²) in [5.41, 5.74) is 2.82. The molecule has 1 amide bonds. The van der Waals surface area contributed by atoms with Crippen molar-refractivity contribution in [3.8, 4) is 27.8 Å². The average Bonchev–Trinajstić information content (AvgIpc) is 3.28. The first kappa shape index (κ1) is 22.5. The normalized spacial score (nSPS) is 10.5. The maximum atomic E-state index is 12.7. The summed E-state index contributed by atoms with van der Waals surface area (Å²) in [6.07, 6.45) is 0. The third-order valence-electron chi connectivity index (χ3n) is 4.83. The van der Waals surface area contributed by atoms with Crippen LogP contribution in [0.1, 0.15) is 10.4 Å². The zero-order valence-corrected chi connectivity index (χ0v) is 19.8. The van der Waals surface area contributed by atoms with Crippen LogP contribution in [0, 0.1) is 0 Å². The molecule has 1 heterocycles. The number of anilines is 1. The summed E-state index contributed by atoms with van der Waals surface area (Å²) in [6.45, 7) is 0. The molecule has 4 rings (SSSR count). The number of hydrogen-bond acceptors (Lipinski definition) is 7. The van der Waals surface area contributed by atoms with Gasteiger partial charge in [0.05, 0.1) is 37.2 Å². The first-order chi connectivity index (χ1) is 16.0. The van der Waals surface area contributed by atoms with E-state index in [-0.39, 0.29) is 5.11 Å². The second-order valence-corrected chi connectivity index (χ2v) is 8.35. The number of benzene rings is 3. The number of nitrogens with one attached hydrogen (secondary N) is 2. The van der Waals surface area contributed by atoms with Crippen molar-refractivity contribution in [1.29, 1.82) is 0 Å². The lowest BCUT2D eigenvalue weighted by atomic mass is 10.2. The molecular formula is C24H21N3O4S2. The SMILES string of the molecule is COc1cc(OC)cc(C(=O)NC(=S)Nc2cc(-c3nc4ccccc4s3)ccc2OC)c1. The third-order valence-corrected chi connectivity index (χ3v) is 6.12. The molecule has 0 atom stereocenters. The van der Waals surface area contributed by atoms with Gasteiger partial charge >= 0.3 is 0 Å². The van der Waals surface area contributed by atoms with Crippen molar-refractivity contribution < 1.29 is 19.0 Å². The number of para-hydroxylation sites is 1. The molecule has 168 valence electrons. The Balaban J connectivity index is 1.55. The second-order valence-electron chi connectivity index (χ2n) is 6.91. The predicted octanol–water partition coefficient (Wildman–Crippen LogP) is 5.12. The van der Waals surface area contributed by atoms with E-state index >= 15 is 0 Å². The van der Waals surface area contributed by atoms with E-state index in [0.717, 1.165) is 20.8 Å². The highest BCUT2D eigenvalue weighted by atomic mass is 32.1. The van der Waals surface area contributed by atoms with Crippen LogP contribution in [0.2, 0.25) is 0 Å². The first-order valence-electron chi connectivity index (χ1n) is 9.90. The highest BCUT2D eigenvalue weighted by Gasteiger charge is 2.14. The number of carbonyl (C=O) groups is 1. The minimum Gasteiger partial charge on any atom is -0.497 e. The van der Waals surface area contributed by atoms with Crippen LogP contribution in [0.4, 0.5) is 5.69 Å². The van der Waals surface area contributed by atoms with E-state index in [4.69, 9.17) is 31.4 Å². The largest absolute Gasteiger partial charge is 0.497 e. The number of nitrogens with zero attached hydrogens (tertiary/aromatic N) is 1. The topological polar surface area (TPSA) is 81.7 Å². The summed E-state index contributed by atoms with van der Waals surface area (Å²) >= 11 is 6.98. The van der Waals surface area contributed by atoms with E-state index in [0.29, 0.717) is 28.5 Å². The average molecular weight is 480 g/mol. The van der Waals surface area contributed by atoms with Gasteiger partial charge in [-0.15, -0.1) is 11.3 Å². The number of ether oxygens (including phenoxy) is 3. The zero-order chi connectivity index (χ0) is 23.4. The molecule has 0 unspecified atom stereocenters. The monoisotopic (exact) mass is 479 g/mol. The van der Waals surface area contributed by atoms with Crippen molar-refractivity contribution >= 4 is 50.5 Å². The highest BCUT2D eigenvalue weighted by Crippen LogP contribution is 2.34. The van der Waals surface area contributed by atoms with Crippen LogP contribution in [-0.2, 0) is 0 Å². The molecule has 3 aromatic carbocycles. The Morgan fingerprint density at radius 3 is 2.33 bits per heavy atom. The number of carbonyl (C=O) groups excluding carboxylic acids is 1. The molecular weight excluding hydrogens is 458 g/mol. The number of aromatic nitrogens is 1. The van der Waals surface area contributed by atoms with Gasteiger partial charge in [0.2, 0.25) is 0 Å². The van der Waals surface area contributed by atoms with Gasteiger partial charge in [-0.3, -0.25) is 10.1 Å². The lowest BCUT2D eigenvalue weighted by Gasteiger charge is -2.14. The van der Waals surface area contributed by atoms with Crippen LogP contribution in [0.25, 0.3) is 20.8 Å². The fourth-order valence-corrected chi connectivity index (χ4v) is 4.37. The molecule has 2 N–H and O–H groups in total. The van der Waals surface area contributed by atoms with Crippen LogP contribution in [0.5, 0.6) is 17.2 Å². The highest BCUT2D eigenvalue weighted by molar-refractivity contribution is 7.80. The molecule has 4 aromatic rings. The zero-order valence-electron chi connectivity index (χ0n) is 18.2. The molecule has 9 heteroatoms. The molecule has 0 bridgehead atoms. The molecule has 1 aromatic heterocycles. The minimum atomic E-state index is -0.397. The number of fused-ring (bicyclic) bond motifs is 1. The van der Waals surface area contributed by atoms with Crippen molar-refractivity contribution in [3.05, 3.63) is 66.2 Å². The molecule has 33 heavy (non-hydrogen) atoms. The Kier molecular flexibility index (Phi) is 6.71. The van der Waals surface area contributed by atoms with E-state index in [2.05, 4.69) is 10.6 Å². The quantitative estimate of drug-likeness (QED) is 0.372. The Labute approximate surface area is 200 Å². The number of amides is 1. The summed E-state index contributed by atoms with van der Waals surface area (Å²) in [5, 5.41) is 6.73. The number of rotatable bonds is 6. The standard InChI is InChI=1S/C24H21N3O4S2/c1-29-16-10-15(11-17(13-16)30-2)22(28)27-24(32)26-19-12-14(8-9-20(19)31-3)23-25-18-6-4-5-7-21(18)33-23/h4-13H,1-3H3,(H2,26,27,28,32). The van der Waals surface area contributed by atoms with Crippen LogP contribution >= 0.6 is 23.6 Å². The minimum absolute atomic E-state index is 0.126. The Hall–Kier alpha value is -3.69. The molecule has 0 saturated carbocycles. The number of thiocarbonyl (C=S) groups is 1. The van der Waals surface area contributed by atoms with Gasteiger partial charge in [0.1, 0.15) is 22.3 Å². The molecule has 0 aliphatic heterocycles. The van der Waals surface area contributed by atoms with Gasteiger partial charge in [-0.2, -0.15) is 0 Å². The molecule has 0 aliphatic rings. The maximum absolute atomic E-state index is 12.7. The summed E-state index contributed by atoms with van der Waals surface area (Å²) in [5.74, 6) is 1.19. The van der Waals surface area contributed by atoms with Gasteiger partial charge in [0.25, 0.3) is 5.91 Å². The fourth-order valence-electron chi connectivity index (χ4n) is 3.20. The van der Waals surface area contributed by atoms with Gasteiger partial charge in [-0.1, -0.05) is 12.1 Å². The maximum Gasteiger partial charge on any atom is 0.257 e. The number of thiazole rings is 1. The molecule has 0 spiro atoms. The van der Waals surface area contributed by atoms with E-state index in [1.54, 1.807) is 36.6 Å². The lowest BCUT2D eigenvalue weighted by Crippen LogP contribution is -2.34. The smallest absolute Gasteiger partial charge is 0.257 e. The van der Waals surface area contributed by atoms with Crippen molar-refractivity contribution in [2.45, 2.75) is 0 Å².